The van der Waals surface area contributed by atoms with Gasteiger partial charge in [0.1, 0.15) is 40.9 Å². The second-order valence-corrected chi connectivity index (χ2v) is 15.3. The van der Waals surface area contributed by atoms with E-state index >= 15 is 8.78 Å². The van der Waals surface area contributed by atoms with Crippen LogP contribution in [0.5, 0.6) is 11.8 Å². The lowest BCUT2D eigenvalue weighted by atomic mass is 9.96. The Bertz CT molecular complexity index is 2180. The first kappa shape index (κ1) is 33.6. The van der Waals surface area contributed by atoms with Crippen LogP contribution < -0.4 is 20.1 Å². The zero-order valence-corrected chi connectivity index (χ0v) is 29.7. The van der Waals surface area contributed by atoms with E-state index in [1.807, 2.05) is 24.9 Å². The summed E-state index contributed by atoms with van der Waals surface area (Å²) >= 11 is 7.99. The van der Waals surface area contributed by atoms with Crippen LogP contribution in [0.3, 0.4) is 0 Å². The van der Waals surface area contributed by atoms with Gasteiger partial charge in [-0.15, -0.1) is 11.3 Å². The van der Waals surface area contributed by atoms with Crippen LogP contribution in [0.25, 0.3) is 32.1 Å². The average molecular weight is 733 g/mol. The number of nitrogens with zero attached hydrogens (tertiary/aromatic N) is 7. The maximum atomic E-state index is 17.3. The highest BCUT2D eigenvalue weighted by atomic mass is 35.5. The Morgan fingerprint density at radius 1 is 1.16 bits per heavy atom. The molecule has 0 radical (unpaired) electrons. The van der Waals surface area contributed by atoms with Crippen LogP contribution in [0.2, 0.25) is 5.02 Å². The molecule has 4 aromatic rings. The molecule has 8 rings (SSSR count). The van der Waals surface area contributed by atoms with Crippen molar-refractivity contribution < 1.29 is 23.0 Å². The van der Waals surface area contributed by atoms with Crippen LogP contribution in [-0.2, 0) is 4.79 Å². The van der Waals surface area contributed by atoms with Crippen molar-refractivity contribution in [3.8, 4) is 35.0 Å². The predicted octanol–water partition coefficient (Wildman–Crippen LogP) is 6.11. The van der Waals surface area contributed by atoms with Crippen molar-refractivity contribution in [3.05, 3.63) is 34.4 Å². The standard InChI is InChI=1S/C36H35ClF2N8O3S/c1-17(24-4-3-9-45(24)2)50-36-43-30-27-31(28(37)26(29(30)39)20-5-6-23(38)32-25(20)22(16-41)33(42)51-32)49-13-12-47(34(27)44-36)19-7-10-46(11-8-19)35(48)21-14-18(21)15-40/h5-6,17-19,21,24H,3-4,7-14,42H2,1-2H3/t17-,18-,21+,24-/m0/s1. The maximum absolute atomic E-state index is 17.3. The van der Waals surface area contributed by atoms with Crippen molar-refractivity contribution in [3.63, 3.8) is 0 Å². The molecule has 5 heterocycles. The molecule has 11 nitrogen and oxygen atoms in total. The molecule has 264 valence electrons. The molecule has 4 atom stereocenters. The van der Waals surface area contributed by atoms with Gasteiger partial charge < -0.3 is 25.0 Å². The summed E-state index contributed by atoms with van der Waals surface area (Å²) in [5, 5.41) is 19.7. The topological polar surface area (TPSA) is 145 Å². The molecule has 2 N–H and O–H groups in total. The van der Waals surface area contributed by atoms with Gasteiger partial charge in [0.05, 0.1) is 45.1 Å². The van der Waals surface area contributed by atoms with Crippen LogP contribution in [0.15, 0.2) is 12.1 Å². The van der Waals surface area contributed by atoms with Crippen molar-refractivity contribution >= 4 is 60.7 Å². The molecule has 51 heavy (non-hydrogen) atoms. The molecular weight excluding hydrogens is 698 g/mol. The fraction of sp³-hybridized carbons (Fsp3) is 0.472. The number of fused-ring (bicyclic) bond motifs is 1. The number of likely N-dealkylation sites (N-methyl/N-ethyl adjacent to an activating group) is 1. The number of carbonyl (C=O) groups excluding carboxylic acids is 1. The Morgan fingerprint density at radius 2 is 1.94 bits per heavy atom. The van der Waals surface area contributed by atoms with E-state index in [1.54, 1.807) is 0 Å². The third-order valence-corrected chi connectivity index (χ3v) is 12.3. The Balaban J connectivity index is 1.26. The van der Waals surface area contributed by atoms with Gasteiger partial charge in [-0.3, -0.25) is 9.69 Å². The van der Waals surface area contributed by atoms with Crippen LogP contribution in [0.1, 0.15) is 44.6 Å². The molecule has 0 spiro atoms. The quantitative estimate of drug-likeness (QED) is 0.247. The molecule has 3 fully saturated rings. The molecule has 15 heteroatoms. The molecule has 3 aliphatic heterocycles. The number of nitriles is 2. The van der Waals surface area contributed by atoms with Crippen molar-refractivity contribution in [2.45, 2.75) is 57.2 Å². The van der Waals surface area contributed by atoms with E-state index in [2.05, 4.69) is 20.9 Å². The minimum Gasteiger partial charge on any atom is -0.489 e. The molecule has 2 saturated heterocycles. The molecule has 2 aromatic carbocycles. The van der Waals surface area contributed by atoms with Gasteiger partial charge in [0.15, 0.2) is 11.6 Å². The third kappa shape index (κ3) is 5.55. The van der Waals surface area contributed by atoms with Gasteiger partial charge in [-0.05, 0) is 64.3 Å². The number of anilines is 2. The number of halogens is 3. The number of benzene rings is 2. The van der Waals surface area contributed by atoms with E-state index in [-0.39, 0.29) is 102 Å². The number of hydrogen-bond acceptors (Lipinski definition) is 11. The molecule has 0 bridgehead atoms. The first-order chi connectivity index (χ1) is 24.6. The number of amides is 1. The summed E-state index contributed by atoms with van der Waals surface area (Å²) in [4.78, 5) is 28.7. The third-order valence-electron chi connectivity index (χ3n) is 10.9. The number of hydrogen-bond donors (Lipinski definition) is 1. The number of carbonyl (C=O) groups is 1. The molecule has 0 unspecified atom stereocenters. The van der Waals surface area contributed by atoms with Crippen LogP contribution >= 0.6 is 22.9 Å². The maximum Gasteiger partial charge on any atom is 0.319 e. The van der Waals surface area contributed by atoms with Gasteiger partial charge in [-0.1, -0.05) is 17.7 Å². The number of rotatable bonds is 6. The average Bonchev–Trinajstić information content (AvgIpc) is 3.72. The number of ether oxygens (including phenoxy) is 2. The summed E-state index contributed by atoms with van der Waals surface area (Å²) in [6.07, 6.45) is 3.55. The summed E-state index contributed by atoms with van der Waals surface area (Å²) in [6, 6.07) is 6.90. The summed E-state index contributed by atoms with van der Waals surface area (Å²) in [5.41, 5.74) is 6.18. The van der Waals surface area contributed by atoms with Crippen LogP contribution in [-0.4, -0.2) is 83.7 Å². The zero-order chi connectivity index (χ0) is 35.7. The lowest BCUT2D eigenvalue weighted by Crippen LogP contribution is -2.48. The van der Waals surface area contributed by atoms with Gasteiger partial charge in [0.2, 0.25) is 5.91 Å². The number of aromatic nitrogens is 2. The molecule has 1 saturated carbocycles. The van der Waals surface area contributed by atoms with E-state index in [0.717, 1.165) is 30.7 Å². The minimum absolute atomic E-state index is 0.000889. The summed E-state index contributed by atoms with van der Waals surface area (Å²) in [5.74, 6) is -1.18. The van der Waals surface area contributed by atoms with E-state index in [1.165, 1.54) is 12.1 Å². The minimum atomic E-state index is -0.790. The Hall–Kier alpha value is -4.50. The van der Waals surface area contributed by atoms with E-state index < -0.39 is 11.6 Å². The monoisotopic (exact) mass is 732 g/mol. The van der Waals surface area contributed by atoms with E-state index in [4.69, 9.17) is 31.8 Å². The normalized spacial score (nSPS) is 22.8. The predicted molar refractivity (Wildman–Crippen MR) is 190 cm³/mol. The molecule has 1 aliphatic carbocycles. The van der Waals surface area contributed by atoms with Crippen LogP contribution in [0, 0.1) is 46.1 Å². The number of thiophene rings is 1. The first-order valence-electron chi connectivity index (χ1n) is 17.2. The highest BCUT2D eigenvalue weighted by Gasteiger charge is 2.46. The largest absolute Gasteiger partial charge is 0.489 e. The Kier molecular flexibility index (Phi) is 8.52. The molecule has 4 aliphatic rings. The van der Waals surface area contributed by atoms with Crippen molar-refractivity contribution in [1.82, 2.24) is 19.8 Å². The van der Waals surface area contributed by atoms with Gasteiger partial charge in [0.25, 0.3) is 0 Å². The number of nitrogens with two attached hydrogens (primary N) is 1. The lowest BCUT2D eigenvalue weighted by Gasteiger charge is -2.39. The fourth-order valence-electron chi connectivity index (χ4n) is 8.10. The van der Waals surface area contributed by atoms with Gasteiger partial charge in [0, 0.05) is 36.1 Å². The highest BCUT2D eigenvalue weighted by Crippen LogP contribution is 2.51. The molecule has 2 aromatic heterocycles. The van der Waals surface area contributed by atoms with Gasteiger partial charge in [-0.25, -0.2) is 8.78 Å². The van der Waals surface area contributed by atoms with E-state index in [9.17, 15) is 15.3 Å². The Morgan fingerprint density at radius 3 is 2.63 bits per heavy atom. The summed E-state index contributed by atoms with van der Waals surface area (Å²) in [7, 11) is 2.04. The van der Waals surface area contributed by atoms with Crippen molar-refractivity contribution in [2.24, 2.45) is 11.8 Å². The lowest BCUT2D eigenvalue weighted by molar-refractivity contribution is -0.133. The second-order valence-electron chi connectivity index (χ2n) is 13.8. The number of likely N-dealkylation sites (tertiary alicyclic amines) is 2. The zero-order valence-electron chi connectivity index (χ0n) is 28.1. The van der Waals surface area contributed by atoms with Crippen molar-refractivity contribution in [2.75, 3.05) is 50.5 Å². The van der Waals surface area contributed by atoms with Crippen LogP contribution in [0.4, 0.5) is 19.6 Å². The van der Waals surface area contributed by atoms with E-state index in [0.29, 0.717) is 44.7 Å². The van der Waals surface area contributed by atoms with Gasteiger partial charge in [-0.2, -0.15) is 20.5 Å². The SMILES string of the molecule is C[C@H](Oc1nc2c3c(c(Cl)c(-c4ccc(F)c5sc(N)c(C#N)c45)c(F)c3n1)OCCN2C1CCN(C(=O)[C@@H]2C[C@H]2C#N)CC1)[C@@H]1CCCN1C. The Labute approximate surface area is 302 Å². The summed E-state index contributed by atoms with van der Waals surface area (Å²) < 4.78 is 45.1. The number of nitrogen functional groups attached to an aromatic ring is 1. The molecular formula is C36H35ClF2N8O3S. The smallest absolute Gasteiger partial charge is 0.319 e. The summed E-state index contributed by atoms with van der Waals surface area (Å²) in [6.45, 7) is 4.52. The molecule has 1 amide bonds. The second kappa shape index (κ2) is 12.9. The first-order valence-corrected chi connectivity index (χ1v) is 18.4. The van der Waals surface area contributed by atoms with Gasteiger partial charge >= 0.3 is 6.01 Å². The highest BCUT2D eigenvalue weighted by molar-refractivity contribution is 7.23. The fourth-order valence-corrected chi connectivity index (χ4v) is 9.38. The number of piperidine rings is 1. The van der Waals surface area contributed by atoms with Crippen molar-refractivity contribution in [1.29, 1.82) is 10.5 Å².